The van der Waals surface area contributed by atoms with Gasteiger partial charge in [0.05, 0.1) is 12.5 Å². The summed E-state index contributed by atoms with van der Waals surface area (Å²) >= 11 is 12.8. The van der Waals surface area contributed by atoms with Crippen molar-refractivity contribution in [1.29, 1.82) is 0 Å². The smallest absolute Gasteiger partial charge is 0.340 e. The van der Waals surface area contributed by atoms with Gasteiger partial charge in [-0.25, -0.2) is 4.79 Å². The Morgan fingerprint density at radius 2 is 1.93 bits per heavy atom. The maximum atomic E-state index is 13.0. The van der Waals surface area contributed by atoms with Crippen molar-refractivity contribution in [2.24, 2.45) is 11.1 Å². The molecule has 1 unspecified atom stereocenters. The number of carbonyl (C=O) groups is 2. The van der Waals surface area contributed by atoms with E-state index in [1.807, 2.05) is 13.8 Å². The number of nitrogens with two attached hydrogens (primary N) is 1. The number of rotatable bonds is 3. The molecule has 1 atom stereocenters. The van der Waals surface area contributed by atoms with E-state index < -0.39 is 11.9 Å². The molecule has 144 valence electrons. The molecule has 1 aliphatic carbocycles. The molecule has 0 bridgehead atoms. The number of carbonyl (C=O) groups excluding carboxylic acids is 2. The largest absolute Gasteiger partial charge is 0.462 e. The van der Waals surface area contributed by atoms with Crippen LogP contribution in [0, 0.1) is 5.41 Å². The van der Waals surface area contributed by atoms with Crippen molar-refractivity contribution in [2.45, 2.75) is 39.5 Å². The summed E-state index contributed by atoms with van der Waals surface area (Å²) in [6.07, 6.45) is 0.841. The molecule has 1 aromatic carbocycles. The zero-order chi connectivity index (χ0) is 19.9. The second-order valence-electron chi connectivity index (χ2n) is 7.45. The van der Waals surface area contributed by atoms with Gasteiger partial charge in [0, 0.05) is 34.0 Å². The van der Waals surface area contributed by atoms with Gasteiger partial charge in [0.25, 0.3) is 0 Å². The molecule has 1 heterocycles. The third-order valence-corrected chi connectivity index (χ3v) is 5.40. The van der Waals surface area contributed by atoms with E-state index in [9.17, 15) is 9.59 Å². The molecule has 5 nitrogen and oxygen atoms in total. The maximum Gasteiger partial charge on any atom is 0.340 e. The zero-order valence-electron chi connectivity index (χ0n) is 15.4. The van der Waals surface area contributed by atoms with Crippen LogP contribution in [0.25, 0.3) is 0 Å². The van der Waals surface area contributed by atoms with Crippen molar-refractivity contribution >= 4 is 35.0 Å². The van der Waals surface area contributed by atoms with E-state index in [2.05, 4.69) is 0 Å². The summed E-state index contributed by atoms with van der Waals surface area (Å²) in [5, 5.41) is 0.682. The predicted octanol–water partition coefficient (Wildman–Crippen LogP) is 4.48. The number of allylic oxidation sites excluding steroid dienone is 2. The summed E-state index contributed by atoms with van der Waals surface area (Å²) in [4.78, 5) is 25.7. The minimum Gasteiger partial charge on any atom is -0.462 e. The lowest BCUT2D eigenvalue weighted by Gasteiger charge is -2.38. The van der Waals surface area contributed by atoms with Gasteiger partial charge in [-0.15, -0.1) is 0 Å². The molecule has 7 heteroatoms. The molecule has 0 fully saturated rings. The number of esters is 1. The van der Waals surface area contributed by atoms with Gasteiger partial charge in [0.1, 0.15) is 11.3 Å². The van der Waals surface area contributed by atoms with E-state index in [1.165, 1.54) is 0 Å². The Balaban J connectivity index is 2.26. The quantitative estimate of drug-likeness (QED) is 0.744. The molecule has 2 aliphatic rings. The maximum absolute atomic E-state index is 13.0. The fourth-order valence-electron chi connectivity index (χ4n) is 3.67. The van der Waals surface area contributed by atoms with Crippen LogP contribution in [0.2, 0.25) is 10.0 Å². The van der Waals surface area contributed by atoms with Gasteiger partial charge in [-0.2, -0.15) is 0 Å². The number of ketones is 1. The van der Waals surface area contributed by atoms with Crippen LogP contribution < -0.4 is 5.73 Å². The highest BCUT2D eigenvalue weighted by molar-refractivity contribution is 6.36. The Morgan fingerprint density at radius 3 is 2.52 bits per heavy atom. The average Bonchev–Trinajstić information content (AvgIpc) is 2.52. The Kier molecular flexibility index (Phi) is 5.28. The van der Waals surface area contributed by atoms with E-state index in [1.54, 1.807) is 25.1 Å². The summed E-state index contributed by atoms with van der Waals surface area (Å²) in [5.74, 6) is -1.21. The summed E-state index contributed by atoms with van der Waals surface area (Å²) in [5.41, 5.74) is 6.72. The first kappa shape index (κ1) is 19.8. The lowest BCUT2D eigenvalue weighted by atomic mass is 9.70. The van der Waals surface area contributed by atoms with Gasteiger partial charge >= 0.3 is 5.97 Å². The van der Waals surface area contributed by atoms with Crippen LogP contribution in [0.5, 0.6) is 0 Å². The van der Waals surface area contributed by atoms with Crippen LogP contribution >= 0.6 is 23.2 Å². The predicted molar refractivity (Wildman–Crippen MR) is 103 cm³/mol. The topological polar surface area (TPSA) is 78.6 Å². The van der Waals surface area contributed by atoms with Gasteiger partial charge in [0.15, 0.2) is 5.78 Å². The monoisotopic (exact) mass is 409 g/mol. The fourth-order valence-corrected chi connectivity index (χ4v) is 4.28. The SMILES string of the molecule is CCOC(=O)C1=C(N)OC2=C(C(=O)CC(C)(C)C2)C1c1c(Cl)cccc1Cl. The Hall–Kier alpha value is -1.98. The summed E-state index contributed by atoms with van der Waals surface area (Å²) < 4.78 is 10.9. The van der Waals surface area contributed by atoms with Crippen LogP contribution in [0.4, 0.5) is 0 Å². The fraction of sp³-hybridized carbons (Fsp3) is 0.400. The minimum atomic E-state index is -0.822. The highest BCUT2D eigenvalue weighted by atomic mass is 35.5. The number of Topliss-reactive ketones (excluding diaryl/α,β-unsaturated/α-hetero) is 1. The molecule has 1 aromatic rings. The molecule has 0 aromatic heterocycles. The van der Waals surface area contributed by atoms with Crippen LogP contribution in [0.15, 0.2) is 41.0 Å². The Bertz CT molecular complexity index is 866. The van der Waals surface area contributed by atoms with Crippen molar-refractivity contribution < 1.29 is 19.1 Å². The van der Waals surface area contributed by atoms with E-state index >= 15 is 0 Å². The second kappa shape index (κ2) is 7.21. The molecular formula is C20H21Cl2NO4. The summed E-state index contributed by atoms with van der Waals surface area (Å²) in [6, 6.07) is 5.02. The van der Waals surface area contributed by atoms with Gasteiger partial charge < -0.3 is 15.2 Å². The molecule has 2 N–H and O–H groups in total. The summed E-state index contributed by atoms with van der Waals surface area (Å²) in [7, 11) is 0. The van der Waals surface area contributed by atoms with E-state index in [0.29, 0.717) is 39.8 Å². The number of hydrogen-bond acceptors (Lipinski definition) is 5. The third-order valence-electron chi connectivity index (χ3n) is 4.74. The lowest BCUT2D eigenvalue weighted by Crippen LogP contribution is -2.36. The van der Waals surface area contributed by atoms with Crippen LogP contribution in [-0.2, 0) is 19.1 Å². The van der Waals surface area contributed by atoms with Crippen molar-refractivity contribution in [3.8, 4) is 0 Å². The van der Waals surface area contributed by atoms with Crippen LogP contribution in [-0.4, -0.2) is 18.4 Å². The van der Waals surface area contributed by atoms with Crippen molar-refractivity contribution in [3.63, 3.8) is 0 Å². The number of halogens is 2. The van der Waals surface area contributed by atoms with Gasteiger partial charge in [-0.05, 0) is 24.5 Å². The van der Waals surface area contributed by atoms with Crippen LogP contribution in [0.1, 0.15) is 45.1 Å². The van der Waals surface area contributed by atoms with Crippen molar-refractivity contribution in [1.82, 2.24) is 0 Å². The highest BCUT2D eigenvalue weighted by Crippen LogP contribution is 2.50. The van der Waals surface area contributed by atoms with Crippen molar-refractivity contribution in [2.75, 3.05) is 6.61 Å². The van der Waals surface area contributed by atoms with E-state index in [-0.39, 0.29) is 29.3 Å². The molecule has 0 radical (unpaired) electrons. The Labute approximate surface area is 168 Å². The highest BCUT2D eigenvalue weighted by Gasteiger charge is 2.46. The number of benzene rings is 1. The third kappa shape index (κ3) is 3.58. The molecule has 0 spiro atoms. The second-order valence-corrected chi connectivity index (χ2v) is 8.26. The lowest BCUT2D eigenvalue weighted by molar-refractivity contribution is -0.139. The minimum absolute atomic E-state index is 0.0543. The van der Waals surface area contributed by atoms with Gasteiger partial charge in [-0.1, -0.05) is 43.1 Å². The molecule has 0 amide bonds. The van der Waals surface area contributed by atoms with Crippen molar-refractivity contribution in [3.05, 3.63) is 56.6 Å². The van der Waals surface area contributed by atoms with Gasteiger partial charge in [0.2, 0.25) is 5.88 Å². The molecular weight excluding hydrogens is 389 g/mol. The van der Waals surface area contributed by atoms with E-state index in [0.717, 1.165) is 0 Å². The number of hydrogen-bond donors (Lipinski definition) is 1. The molecule has 27 heavy (non-hydrogen) atoms. The average molecular weight is 410 g/mol. The number of ether oxygens (including phenoxy) is 2. The first-order valence-electron chi connectivity index (χ1n) is 8.71. The molecule has 1 aliphatic heterocycles. The molecule has 3 rings (SSSR count). The first-order chi connectivity index (χ1) is 12.7. The summed E-state index contributed by atoms with van der Waals surface area (Å²) in [6.45, 7) is 5.81. The standard InChI is InChI=1S/C20H21Cl2NO4/c1-4-26-19(25)17-16(14-10(21)6-5-7-11(14)22)15-12(24)8-20(2,3)9-13(15)27-18(17)23/h5-7,16H,4,8-9,23H2,1-3H3. The molecule has 0 saturated heterocycles. The normalized spacial score (nSPS) is 21.7. The van der Waals surface area contributed by atoms with Crippen LogP contribution in [0.3, 0.4) is 0 Å². The molecule has 0 saturated carbocycles. The van der Waals surface area contributed by atoms with Gasteiger partial charge in [-0.3, -0.25) is 4.79 Å². The zero-order valence-corrected chi connectivity index (χ0v) is 16.9. The first-order valence-corrected chi connectivity index (χ1v) is 9.46. The van der Waals surface area contributed by atoms with E-state index in [4.69, 9.17) is 38.4 Å². The Morgan fingerprint density at radius 1 is 1.30 bits per heavy atom.